The molecule has 1 saturated heterocycles. The summed E-state index contributed by atoms with van der Waals surface area (Å²) in [6, 6.07) is 9.84. The molecule has 35 heavy (non-hydrogen) atoms. The van der Waals surface area contributed by atoms with E-state index in [0.29, 0.717) is 34.3 Å². The number of nitrogens with zero attached hydrogens (tertiary/aromatic N) is 2. The van der Waals surface area contributed by atoms with Crippen molar-refractivity contribution in [3.8, 4) is 17.3 Å². The molecule has 2 heterocycles. The molecular weight excluding hydrogens is 494 g/mol. The highest BCUT2D eigenvalue weighted by Crippen LogP contribution is 2.32. The van der Waals surface area contributed by atoms with Crippen molar-refractivity contribution in [2.45, 2.75) is 37.4 Å². The highest BCUT2D eigenvalue weighted by Gasteiger charge is 2.29. The first-order chi connectivity index (χ1) is 16.7. The molecule has 1 aliphatic heterocycles. The summed E-state index contributed by atoms with van der Waals surface area (Å²) in [7, 11) is 0. The van der Waals surface area contributed by atoms with E-state index in [0.717, 1.165) is 23.2 Å². The number of rotatable bonds is 7. The summed E-state index contributed by atoms with van der Waals surface area (Å²) in [6.07, 6.45) is -1.41. The number of nitrogen functional groups attached to an aromatic ring is 1. The highest BCUT2D eigenvalue weighted by atomic mass is 35.5. The SMILES string of the molecule is CC(=N)c1c(N)nc(-c2ccc(NSc3cc(Cl)ccc3F)cc2C)nc1OC1CCNCC1F. The molecule has 0 radical (unpaired) electrons. The minimum atomic E-state index is -1.20. The van der Waals surface area contributed by atoms with E-state index >= 15 is 0 Å². The maximum Gasteiger partial charge on any atom is 0.228 e. The number of nitrogens with two attached hydrogens (primary N) is 1. The topological polar surface area (TPSA) is 109 Å². The summed E-state index contributed by atoms with van der Waals surface area (Å²) in [5, 5.41) is 11.5. The van der Waals surface area contributed by atoms with Gasteiger partial charge in [-0.15, -0.1) is 0 Å². The van der Waals surface area contributed by atoms with Gasteiger partial charge in [0.25, 0.3) is 0 Å². The summed E-state index contributed by atoms with van der Waals surface area (Å²) >= 11 is 7.07. The molecule has 0 bridgehead atoms. The Hall–Kier alpha value is -2.95. The zero-order chi connectivity index (χ0) is 25.1. The minimum absolute atomic E-state index is 0.0930. The summed E-state index contributed by atoms with van der Waals surface area (Å²) in [6.45, 7) is 4.26. The van der Waals surface area contributed by atoms with Gasteiger partial charge in [0.2, 0.25) is 5.88 Å². The van der Waals surface area contributed by atoms with Gasteiger partial charge in [0, 0.05) is 28.5 Å². The van der Waals surface area contributed by atoms with Gasteiger partial charge in [0.05, 0.1) is 10.5 Å². The molecule has 0 saturated carbocycles. The molecule has 0 spiro atoms. The van der Waals surface area contributed by atoms with Gasteiger partial charge in [-0.3, -0.25) is 0 Å². The van der Waals surface area contributed by atoms with Crippen molar-refractivity contribution in [2.24, 2.45) is 0 Å². The lowest BCUT2D eigenvalue weighted by atomic mass is 10.1. The largest absolute Gasteiger partial charge is 0.471 e. The van der Waals surface area contributed by atoms with Gasteiger partial charge < -0.3 is 25.9 Å². The summed E-state index contributed by atoms with van der Waals surface area (Å²) in [5.41, 5.74) is 8.84. The summed E-state index contributed by atoms with van der Waals surface area (Å²) in [5.74, 6) is 0.130. The second kappa shape index (κ2) is 10.8. The van der Waals surface area contributed by atoms with Gasteiger partial charge in [-0.05, 0) is 80.7 Å². The van der Waals surface area contributed by atoms with Crippen LogP contribution in [0.2, 0.25) is 5.02 Å². The predicted octanol–water partition coefficient (Wildman–Crippen LogP) is 5.41. The lowest BCUT2D eigenvalue weighted by Gasteiger charge is -2.28. The Bertz CT molecular complexity index is 1260. The zero-order valence-electron chi connectivity index (χ0n) is 19.2. The Morgan fingerprint density at radius 3 is 2.80 bits per heavy atom. The second-order valence-corrected chi connectivity index (χ2v) is 9.50. The first kappa shape index (κ1) is 25.2. The number of hydrogen-bond donors (Lipinski definition) is 4. The lowest BCUT2D eigenvalue weighted by Crippen LogP contribution is -2.44. The molecule has 5 N–H and O–H groups in total. The van der Waals surface area contributed by atoms with Crippen LogP contribution in [0.4, 0.5) is 20.3 Å². The molecule has 0 amide bonds. The quantitative estimate of drug-likeness (QED) is 0.244. The molecule has 4 rings (SSSR count). The van der Waals surface area contributed by atoms with E-state index in [2.05, 4.69) is 20.0 Å². The third-order valence-corrected chi connectivity index (χ3v) is 6.64. The van der Waals surface area contributed by atoms with Gasteiger partial charge in [0.1, 0.15) is 23.9 Å². The average Bonchev–Trinajstić information content (AvgIpc) is 2.80. The molecular formula is C24H25ClF2N6OS. The summed E-state index contributed by atoms with van der Waals surface area (Å²) < 4.78 is 37.4. The second-order valence-electron chi connectivity index (χ2n) is 8.21. The number of anilines is 2. The molecule has 1 aromatic heterocycles. The maximum absolute atomic E-state index is 14.4. The third-order valence-electron chi connectivity index (χ3n) is 5.53. The van der Waals surface area contributed by atoms with E-state index in [4.69, 9.17) is 27.5 Å². The molecule has 2 aromatic carbocycles. The molecule has 7 nitrogen and oxygen atoms in total. The standard InChI is InChI=1S/C24H25ClF2N6OS/c1-12-9-15(33-35-20-10-14(25)3-6-17(20)26)4-5-16(12)23-31-22(29)21(13(2)28)24(32-23)34-19-7-8-30-11-18(19)27/h3-6,9-10,18-19,28,30,33H,7-8,11H2,1-2H3,(H2,29,31,32). The van der Waals surface area contributed by atoms with E-state index in [1.54, 1.807) is 19.1 Å². The number of nitrogens with one attached hydrogen (secondary N) is 3. The molecule has 1 fully saturated rings. The number of benzene rings is 2. The van der Waals surface area contributed by atoms with Gasteiger partial charge in [0.15, 0.2) is 5.82 Å². The van der Waals surface area contributed by atoms with Crippen molar-refractivity contribution < 1.29 is 13.5 Å². The number of ether oxygens (including phenoxy) is 1. The van der Waals surface area contributed by atoms with Crippen molar-refractivity contribution in [1.29, 1.82) is 5.41 Å². The number of aromatic nitrogens is 2. The molecule has 184 valence electrons. The molecule has 11 heteroatoms. The molecule has 2 unspecified atom stereocenters. The Kier molecular flexibility index (Phi) is 7.73. The fourth-order valence-electron chi connectivity index (χ4n) is 3.73. The van der Waals surface area contributed by atoms with Gasteiger partial charge in [-0.2, -0.15) is 4.98 Å². The van der Waals surface area contributed by atoms with E-state index in [9.17, 15) is 8.78 Å². The normalized spacial score (nSPS) is 17.7. The number of halogens is 3. The van der Waals surface area contributed by atoms with Crippen LogP contribution in [0.25, 0.3) is 11.4 Å². The van der Waals surface area contributed by atoms with Gasteiger partial charge in [-0.25, -0.2) is 13.8 Å². The van der Waals surface area contributed by atoms with Crippen LogP contribution < -0.4 is 20.5 Å². The Morgan fingerprint density at radius 2 is 2.09 bits per heavy atom. The predicted molar refractivity (Wildman–Crippen MR) is 137 cm³/mol. The van der Waals surface area contributed by atoms with Crippen LogP contribution in [-0.2, 0) is 0 Å². The first-order valence-corrected chi connectivity index (χ1v) is 12.2. The van der Waals surface area contributed by atoms with Gasteiger partial charge >= 0.3 is 0 Å². The molecule has 2 atom stereocenters. The fourth-order valence-corrected chi connectivity index (χ4v) is 4.68. The lowest BCUT2D eigenvalue weighted by molar-refractivity contribution is 0.0692. The smallest absolute Gasteiger partial charge is 0.228 e. The first-order valence-electron chi connectivity index (χ1n) is 11.0. The summed E-state index contributed by atoms with van der Waals surface area (Å²) in [4.78, 5) is 9.29. The van der Waals surface area contributed by atoms with E-state index < -0.39 is 12.3 Å². The third kappa shape index (κ3) is 5.83. The van der Waals surface area contributed by atoms with Crippen molar-refractivity contribution >= 4 is 40.8 Å². The van der Waals surface area contributed by atoms with Crippen molar-refractivity contribution in [3.63, 3.8) is 0 Å². The van der Waals surface area contributed by atoms with Crippen LogP contribution in [0.3, 0.4) is 0 Å². The Labute approximate surface area is 211 Å². The van der Waals surface area contributed by atoms with E-state index in [-0.39, 0.29) is 35.3 Å². The van der Waals surface area contributed by atoms with Crippen molar-refractivity contribution in [2.75, 3.05) is 23.5 Å². The average molecular weight is 519 g/mol. The Balaban J connectivity index is 1.60. The van der Waals surface area contributed by atoms with Crippen LogP contribution in [-0.4, -0.2) is 41.0 Å². The number of aryl methyl sites for hydroxylation is 1. The number of hydrogen-bond acceptors (Lipinski definition) is 8. The number of piperidine rings is 1. The number of alkyl halides is 1. The van der Waals surface area contributed by atoms with Crippen molar-refractivity contribution in [1.82, 2.24) is 15.3 Å². The van der Waals surface area contributed by atoms with Crippen LogP contribution in [0.5, 0.6) is 5.88 Å². The van der Waals surface area contributed by atoms with Crippen LogP contribution in [0.15, 0.2) is 41.3 Å². The van der Waals surface area contributed by atoms with Crippen LogP contribution in [0.1, 0.15) is 24.5 Å². The fraction of sp³-hybridized carbons (Fsp3) is 0.292. The maximum atomic E-state index is 14.4. The Morgan fingerprint density at radius 1 is 1.29 bits per heavy atom. The minimum Gasteiger partial charge on any atom is -0.471 e. The van der Waals surface area contributed by atoms with Crippen LogP contribution >= 0.6 is 23.5 Å². The van der Waals surface area contributed by atoms with Crippen LogP contribution in [0, 0.1) is 18.2 Å². The monoisotopic (exact) mass is 518 g/mol. The van der Waals surface area contributed by atoms with Gasteiger partial charge in [-0.1, -0.05) is 11.6 Å². The molecule has 1 aliphatic rings. The van der Waals surface area contributed by atoms with Crippen molar-refractivity contribution in [3.05, 3.63) is 58.4 Å². The molecule has 0 aliphatic carbocycles. The molecule has 3 aromatic rings. The zero-order valence-corrected chi connectivity index (χ0v) is 20.7. The highest BCUT2D eigenvalue weighted by molar-refractivity contribution is 8.00. The van der Waals surface area contributed by atoms with E-state index in [1.807, 2.05) is 19.1 Å². The van der Waals surface area contributed by atoms with E-state index in [1.165, 1.54) is 12.1 Å².